The molecule has 0 saturated carbocycles. The van der Waals surface area contributed by atoms with Crippen molar-refractivity contribution in [2.75, 3.05) is 5.32 Å². The molecule has 2 heterocycles. The molecule has 3 rings (SSSR count). The van der Waals surface area contributed by atoms with Crippen LogP contribution in [-0.2, 0) is 16.0 Å². The van der Waals surface area contributed by atoms with E-state index in [1.165, 1.54) is 0 Å². The zero-order chi connectivity index (χ0) is 16.4. The molecule has 5 nitrogen and oxygen atoms in total. The third kappa shape index (κ3) is 3.18. The Bertz CT molecular complexity index is 802. The Morgan fingerprint density at radius 3 is 2.87 bits per heavy atom. The minimum absolute atomic E-state index is 0.116. The number of aromatic amines is 1. The number of carboxylic acid groups (broad SMARTS) is 1. The Morgan fingerprint density at radius 1 is 1.30 bits per heavy atom. The van der Waals surface area contributed by atoms with Crippen LogP contribution in [0, 0.1) is 6.92 Å². The molecular formula is C18H18N2O3. The number of para-hydroxylation sites is 1. The van der Waals surface area contributed by atoms with Gasteiger partial charge in [-0.1, -0.05) is 18.2 Å². The fourth-order valence-electron chi connectivity index (χ4n) is 2.86. The Balaban J connectivity index is 1.90. The topological polar surface area (TPSA) is 82.2 Å². The molecule has 1 aromatic heterocycles. The van der Waals surface area contributed by atoms with Gasteiger partial charge in [0.1, 0.15) is 0 Å². The first-order valence-corrected chi connectivity index (χ1v) is 7.57. The average molecular weight is 310 g/mol. The standard InChI is InChI=1S/C18H18N2O3/c1-11-9-12(5-4-8-17(21)22)16(19-11)10-14-13-6-2-3-7-15(13)20-18(14)23/h2-3,6-7,9-10,19H,4-5,8H2,1H3,(H,20,23)(H,21,22)/b14-10-. The molecule has 0 bridgehead atoms. The van der Waals surface area contributed by atoms with Gasteiger partial charge in [0.05, 0.1) is 5.57 Å². The van der Waals surface area contributed by atoms with Crippen LogP contribution in [0.5, 0.6) is 0 Å². The number of nitrogens with one attached hydrogen (secondary N) is 2. The molecule has 2 aromatic rings. The van der Waals surface area contributed by atoms with Gasteiger partial charge in [-0.25, -0.2) is 0 Å². The summed E-state index contributed by atoms with van der Waals surface area (Å²) < 4.78 is 0. The van der Waals surface area contributed by atoms with E-state index in [0.29, 0.717) is 18.4 Å². The molecule has 1 aromatic carbocycles. The molecule has 5 heteroatoms. The Morgan fingerprint density at radius 2 is 2.09 bits per heavy atom. The van der Waals surface area contributed by atoms with E-state index in [1.807, 2.05) is 43.3 Å². The van der Waals surface area contributed by atoms with E-state index in [2.05, 4.69) is 10.3 Å². The van der Waals surface area contributed by atoms with Crippen molar-refractivity contribution in [3.05, 3.63) is 52.8 Å². The van der Waals surface area contributed by atoms with E-state index in [1.54, 1.807) is 0 Å². The largest absolute Gasteiger partial charge is 0.481 e. The van der Waals surface area contributed by atoms with Crippen LogP contribution < -0.4 is 5.32 Å². The number of hydrogen-bond donors (Lipinski definition) is 3. The number of H-pyrrole nitrogens is 1. The zero-order valence-corrected chi connectivity index (χ0v) is 12.8. The highest BCUT2D eigenvalue weighted by molar-refractivity contribution is 6.34. The second-order valence-electron chi connectivity index (χ2n) is 5.70. The highest BCUT2D eigenvalue weighted by atomic mass is 16.4. The number of aliphatic carboxylic acids is 1. The summed E-state index contributed by atoms with van der Waals surface area (Å²) in [5.74, 6) is -0.906. The van der Waals surface area contributed by atoms with Gasteiger partial charge < -0.3 is 15.4 Å². The van der Waals surface area contributed by atoms with Gasteiger partial charge in [0, 0.05) is 29.1 Å². The molecule has 0 spiro atoms. The quantitative estimate of drug-likeness (QED) is 0.742. The van der Waals surface area contributed by atoms with Crippen molar-refractivity contribution in [2.45, 2.75) is 26.2 Å². The third-order valence-electron chi connectivity index (χ3n) is 3.90. The van der Waals surface area contributed by atoms with E-state index in [0.717, 1.165) is 28.2 Å². The van der Waals surface area contributed by atoms with E-state index in [4.69, 9.17) is 5.11 Å². The molecule has 0 aliphatic carbocycles. The van der Waals surface area contributed by atoms with Crippen LogP contribution in [-0.4, -0.2) is 22.0 Å². The lowest BCUT2D eigenvalue weighted by Gasteiger charge is -2.01. The van der Waals surface area contributed by atoms with Crippen molar-refractivity contribution in [3.63, 3.8) is 0 Å². The van der Waals surface area contributed by atoms with E-state index >= 15 is 0 Å². The lowest BCUT2D eigenvalue weighted by atomic mass is 10.0. The van der Waals surface area contributed by atoms with Crippen LogP contribution in [0.3, 0.4) is 0 Å². The van der Waals surface area contributed by atoms with Gasteiger partial charge in [0.2, 0.25) is 0 Å². The van der Waals surface area contributed by atoms with Crippen LogP contribution in [0.2, 0.25) is 0 Å². The van der Waals surface area contributed by atoms with Gasteiger partial charge in [-0.2, -0.15) is 0 Å². The monoisotopic (exact) mass is 310 g/mol. The summed E-state index contributed by atoms with van der Waals surface area (Å²) in [6.07, 6.45) is 3.23. The summed E-state index contributed by atoms with van der Waals surface area (Å²) in [5, 5.41) is 11.6. The fraction of sp³-hybridized carbons (Fsp3) is 0.222. The first-order chi connectivity index (χ1) is 11.0. The average Bonchev–Trinajstić information content (AvgIpc) is 3.00. The van der Waals surface area contributed by atoms with Gasteiger partial charge >= 0.3 is 5.97 Å². The molecule has 1 aliphatic heterocycles. The lowest BCUT2D eigenvalue weighted by Crippen LogP contribution is -2.03. The number of aromatic nitrogens is 1. The second kappa shape index (κ2) is 6.12. The smallest absolute Gasteiger partial charge is 0.303 e. The van der Waals surface area contributed by atoms with Crippen molar-refractivity contribution in [3.8, 4) is 0 Å². The number of benzene rings is 1. The van der Waals surface area contributed by atoms with E-state index in [9.17, 15) is 9.59 Å². The lowest BCUT2D eigenvalue weighted by molar-refractivity contribution is -0.137. The Hall–Kier alpha value is -2.82. The summed E-state index contributed by atoms with van der Waals surface area (Å²) in [7, 11) is 0. The van der Waals surface area contributed by atoms with E-state index in [-0.39, 0.29) is 12.3 Å². The molecule has 0 fully saturated rings. The van der Waals surface area contributed by atoms with Crippen molar-refractivity contribution in [2.24, 2.45) is 0 Å². The van der Waals surface area contributed by atoms with Crippen molar-refractivity contribution >= 4 is 29.2 Å². The van der Waals surface area contributed by atoms with Crippen LogP contribution in [0.1, 0.15) is 35.4 Å². The maximum atomic E-state index is 12.2. The minimum atomic E-state index is -0.790. The first-order valence-electron chi connectivity index (χ1n) is 7.57. The van der Waals surface area contributed by atoms with Crippen LogP contribution in [0.25, 0.3) is 11.6 Å². The Kier molecular flexibility index (Phi) is 4.02. The van der Waals surface area contributed by atoms with Gasteiger partial charge in [-0.05, 0) is 43.5 Å². The zero-order valence-electron chi connectivity index (χ0n) is 12.8. The molecule has 118 valence electrons. The summed E-state index contributed by atoms with van der Waals surface area (Å²) >= 11 is 0. The predicted molar refractivity (Wildman–Crippen MR) is 89.0 cm³/mol. The summed E-state index contributed by atoms with van der Waals surface area (Å²) in [6.45, 7) is 1.95. The summed E-state index contributed by atoms with van der Waals surface area (Å²) in [4.78, 5) is 26.1. The number of fused-ring (bicyclic) bond motifs is 1. The fourth-order valence-corrected chi connectivity index (χ4v) is 2.86. The number of aryl methyl sites for hydroxylation is 2. The molecule has 0 atom stereocenters. The third-order valence-corrected chi connectivity index (χ3v) is 3.90. The van der Waals surface area contributed by atoms with Crippen LogP contribution in [0.4, 0.5) is 5.69 Å². The highest BCUT2D eigenvalue weighted by Gasteiger charge is 2.23. The molecular weight excluding hydrogens is 292 g/mol. The van der Waals surface area contributed by atoms with Gasteiger partial charge in [0.15, 0.2) is 0 Å². The number of amides is 1. The Labute approximate surface area is 134 Å². The first kappa shape index (κ1) is 15.1. The number of carboxylic acids is 1. The van der Waals surface area contributed by atoms with Gasteiger partial charge in [0.25, 0.3) is 5.91 Å². The van der Waals surface area contributed by atoms with E-state index < -0.39 is 5.97 Å². The van der Waals surface area contributed by atoms with Crippen molar-refractivity contribution in [1.82, 2.24) is 4.98 Å². The number of hydrogen-bond acceptors (Lipinski definition) is 2. The SMILES string of the molecule is Cc1cc(CCCC(=O)O)c(/C=C2\C(=O)Nc3ccccc32)[nH]1. The predicted octanol–water partition coefficient (Wildman–Crippen LogP) is 3.22. The number of rotatable bonds is 5. The van der Waals surface area contributed by atoms with Gasteiger partial charge in [-0.15, -0.1) is 0 Å². The van der Waals surface area contributed by atoms with Crippen LogP contribution >= 0.6 is 0 Å². The minimum Gasteiger partial charge on any atom is -0.481 e. The molecule has 1 aliphatic rings. The highest BCUT2D eigenvalue weighted by Crippen LogP contribution is 2.33. The maximum Gasteiger partial charge on any atom is 0.303 e. The second-order valence-corrected chi connectivity index (χ2v) is 5.70. The van der Waals surface area contributed by atoms with Crippen LogP contribution in [0.15, 0.2) is 30.3 Å². The summed E-state index contributed by atoms with van der Waals surface area (Å²) in [6, 6.07) is 9.59. The molecule has 0 unspecified atom stereocenters. The maximum absolute atomic E-state index is 12.2. The number of anilines is 1. The number of carbonyl (C=O) groups excluding carboxylic acids is 1. The normalized spacial score (nSPS) is 14.8. The number of carbonyl (C=O) groups is 2. The van der Waals surface area contributed by atoms with Gasteiger partial charge in [-0.3, -0.25) is 9.59 Å². The molecule has 0 radical (unpaired) electrons. The molecule has 23 heavy (non-hydrogen) atoms. The van der Waals surface area contributed by atoms with Crippen molar-refractivity contribution < 1.29 is 14.7 Å². The molecule has 1 amide bonds. The molecule has 0 saturated heterocycles. The van der Waals surface area contributed by atoms with Crippen molar-refractivity contribution in [1.29, 1.82) is 0 Å². The molecule has 3 N–H and O–H groups in total. The summed E-state index contributed by atoms with van der Waals surface area (Å²) in [5.41, 5.74) is 5.24.